The lowest BCUT2D eigenvalue weighted by molar-refractivity contribution is 0.0690. The Hall–Kier alpha value is -3.83. The van der Waals surface area contributed by atoms with Crippen molar-refractivity contribution in [1.29, 1.82) is 0 Å². The molecule has 0 aliphatic heterocycles. The second-order valence-electron chi connectivity index (χ2n) is 5.74. The van der Waals surface area contributed by atoms with Gasteiger partial charge in [0.05, 0.1) is 5.69 Å². The van der Waals surface area contributed by atoms with Crippen LogP contribution in [0, 0.1) is 17.5 Å². The maximum atomic E-state index is 13.8. The fourth-order valence-electron chi connectivity index (χ4n) is 2.28. The lowest BCUT2D eigenvalue weighted by atomic mass is 10.2. The number of nitrogens with one attached hydrogen (secondary N) is 2. The molecule has 8 nitrogen and oxygen atoms in total. The summed E-state index contributed by atoms with van der Waals surface area (Å²) in [6.07, 6.45) is 1.28. The molecule has 3 rings (SSSR count). The first kappa shape index (κ1) is 24.4. The van der Waals surface area contributed by atoms with Gasteiger partial charge >= 0.3 is 12.0 Å². The van der Waals surface area contributed by atoms with E-state index in [1.54, 1.807) is 0 Å². The van der Waals surface area contributed by atoms with Gasteiger partial charge in [0, 0.05) is 24.0 Å². The smallest absolute Gasteiger partial charge is 0.354 e. The van der Waals surface area contributed by atoms with E-state index in [0.717, 1.165) is 0 Å². The second-order valence-corrected chi connectivity index (χ2v) is 6.11. The largest absolute Gasteiger partial charge is 0.477 e. The molecule has 0 atom stereocenters. The average molecular weight is 469 g/mol. The number of carboxylic acid groups (broad SMARTS) is 1. The number of carboxylic acids is 1. The normalized spacial score (nSPS) is 9.94. The summed E-state index contributed by atoms with van der Waals surface area (Å²) in [6, 6.07) is 8.12. The molecule has 5 N–H and O–H groups in total. The Morgan fingerprint density at radius 2 is 1.66 bits per heavy atom. The van der Waals surface area contributed by atoms with Crippen LogP contribution in [0.3, 0.4) is 0 Å². The number of nitrogens with zero attached hydrogens (tertiary/aromatic N) is 1. The number of carbonyl (C=O) groups is 2. The zero-order valence-corrected chi connectivity index (χ0v) is 17.1. The molecule has 168 valence electrons. The quantitative estimate of drug-likeness (QED) is 0.313. The lowest BCUT2D eigenvalue weighted by Gasteiger charge is -2.11. The van der Waals surface area contributed by atoms with Gasteiger partial charge in [-0.15, -0.1) is 0 Å². The number of halogens is 4. The minimum atomic E-state index is -1.62. The molecular weight excluding hydrogens is 453 g/mol. The van der Waals surface area contributed by atoms with Crippen molar-refractivity contribution in [2.24, 2.45) is 5.73 Å². The number of aromatic nitrogens is 1. The summed E-state index contributed by atoms with van der Waals surface area (Å²) in [4.78, 5) is 26.5. The van der Waals surface area contributed by atoms with Crippen molar-refractivity contribution in [3.05, 3.63) is 76.8 Å². The topological polar surface area (TPSA) is 127 Å². The maximum absolute atomic E-state index is 13.8. The molecule has 1 aromatic heterocycles. The van der Waals surface area contributed by atoms with E-state index in [1.165, 1.54) is 49.6 Å². The van der Waals surface area contributed by atoms with E-state index in [4.69, 9.17) is 21.4 Å². The predicted octanol–water partition coefficient (Wildman–Crippen LogP) is 4.86. The Labute approximate surface area is 184 Å². The summed E-state index contributed by atoms with van der Waals surface area (Å²) in [7, 11) is 1.50. The van der Waals surface area contributed by atoms with Crippen molar-refractivity contribution < 1.29 is 32.6 Å². The Kier molecular flexibility index (Phi) is 8.38. The molecular formula is C20H16ClF3N4O4. The van der Waals surface area contributed by atoms with Crippen LogP contribution in [0.1, 0.15) is 10.5 Å². The highest BCUT2D eigenvalue weighted by Crippen LogP contribution is 2.28. The van der Waals surface area contributed by atoms with Crippen LogP contribution in [0.25, 0.3) is 0 Å². The third-order valence-electron chi connectivity index (χ3n) is 3.65. The van der Waals surface area contributed by atoms with E-state index in [1.807, 2.05) is 5.32 Å². The molecule has 0 saturated carbocycles. The molecule has 32 heavy (non-hydrogen) atoms. The van der Waals surface area contributed by atoms with Crippen molar-refractivity contribution >= 4 is 35.0 Å². The van der Waals surface area contributed by atoms with Gasteiger partial charge in [-0.3, -0.25) is 0 Å². The number of anilines is 2. The van der Waals surface area contributed by atoms with E-state index in [2.05, 4.69) is 16.0 Å². The Morgan fingerprint density at radius 1 is 1.00 bits per heavy atom. The van der Waals surface area contributed by atoms with Crippen LogP contribution in [-0.4, -0.2) is 29.1 Å². The van der Waals surface area contributed by atoms with Gasteiger partial charge in [-0.05, 0) is 37.4 Å². The standard InChI is InChI=1S/C19H11ClF3N3O4.CH5N/c20-15-12(21)8-13(16(22)17(15)23)26-19(29)25-9-1-3-10(4-2-9)30-11-5-6-24-14(7-11)18(27)28;1-2/h1-8H,(H,27,28)(H2,25,26,29);2H2,1H3. The second kappa shape index (κ2) is 11.0. The van der Waals surface area contributed by atoms with Crippen LogP contribution in [-0.2, 0) is 0 Å². The molecule has 2 amide bonds. The van der Waals surface area contributed by atoms with Gasteiger partial charge in [0.25, 0.3) is 0 Å². The highest BCUT2D eigenvalue weighted by molar-refractivity contribution is 6.31. The summed E-state index contributed by atoms with van der Waals surface area (Å²) >= 11 is 5.26. The maximum Gasteiger partial charge on any atom is 0.354 e. The first-order valence-corrected chi connectivity index (χ1v) is 9.08. The minimum absolute atomic E-state index is 0.190. The number of ether oxygens (including phenoxy) is 1. The highest BCUT2D eigenvalue weighted by Gasteiger charge is 2.19. The molecule has 0 fully saturated rings. The summed E-state index contributed by atoms with van der Waals surface area (Å²) in [6.45, 7) is 0. The number of rotatable bonds is 5. The van der Waals surface area contributed by atoms with Crippen LogP contribution < -0.4 is 21.1 Å². The lowest BCUT2D eigenvalue weighted by Crippen LogP contribution is -2.20. The fraction of sp³-hybridized carbons (Fsp3) is 0.0500. The van der Waals surface area contributed by atoms with E-state index in [-0.39, 0.29) is 17.1 Å². The van der Waals surface area contributed by atoms with Gasteiger partial charge in [0.2, 0.25) is 0 Å². The number of hydrogen-bond donors (Lipinski definition) is 4. The van der Waals surface area contributed by atoms with Crippen molar-refractivity contribution in [3.8, 4) is 11.5 Å². The Balaban J connectivity index is 0.00000176. The van der Waals surface area contributed by atoms with E-state index >= 15 is 0 Å². The SMILES string of the molecule is CN.O=C(Nc1ccc(Oc2ccnc(C(=O)O)c2)cc1)Nc1cc(F)c(Cl)c(F)c1F. The van der Waals surface area contributed by atoms with Crippen molar-refractivity contribution in [1.82, 2.24) is 4.98 Å². The molecule has 0 aliphatic carbocycles. The van der Waals surface area contributed by atoms with E-state index < -0.39 is 40.2 Å². The molecule has 1 heterocycles. The van der Waals surface area contributed by atoms with E-state index in [0.29, 0.717) is 11.8 Å². The van der Waals surface area contributed by atoms with Crippen LogP contribution in [0.4, 0.5) is 29.3 Å². The molecule has 2 aromatic carbocycles. The van der Waals surface area contributed by atoms with Gasteiger partial charge in [-0.25, -0.2) is 27.7 Å². The number of aromatic carboxylic acids is 1. The molecule has 3 aromatic rings. The van der Waals surface area contributed by atoms with Crippen LogP contribution in [0.2, 0.25) is 5.02 Å². The number of nitrogens with two attached hydrogens (primary N) is 1. The Morgan fingerprint density at radius 3 is 2.28 bits per heavy atom. The number of carbonyl (C=O) groups excluding carboxylic acids is 1. The first-order valence-electron chi connectivity index (χ1n) is 8.70. The molecule has 0 radical (unpaired) electrons. The zero-order valence-electron chi connectivity index (χ0n) is 16.3. The van der Waals surface area contributed by atoms with Gasteiger partial charge in [-0.2, -0.15) is 0 Å². The average Bonchev–Trinajstić information content (AvgIpc) is 2.79. The molecule has 0 bridgehead atoms. The number of amides is 2. The third-order valence-corrected chi connectivity index (χ3v) is 4.00. The third kappa shape index (κ3) is 6.09. The number of benzene rings is 2. The van der Waals surface area contributed by atoms with Gasteiger partial charge in [0.1, 0.15) is 22.3 Å². The van der Waals surface area contributed by atoms with Crippen molar-refractivity contribution in [2.75, 3.05) is 17.7 Å². The molecule has 0 saturated heterocycles. The van der Waals surface area contributed by atoms with Gasteiger partial charge < -0.3 is 26.2 Å². The first-order chi connectivity index (χ1) is 15.2. The molecule has 0 unspecified atom stereocenters. The molecule has 0 spiro atoms. The van der Waals surface area contributed by atoms with Crippen molar-refractivity contribution in [3.63, 3.8) is 0 Å². The summed E-state index contributed by atoms with van der Waals surface area (Å²) in [5, 5.41) is 12.2. The highest BCUT2D eigenvalue weighted by atomic mass is 35.5. The number of pyridine rings is 1. The van der Waals surface area contributed by atoms with E-state index in [9.17, 15) is 22.8 Å². The number of urea groups is 1. The minimum Gasteiger partial charge on any atom is -0.477 e. The van der Waals surface area contributed by atoms with Gasteiger partial charge in [0.15, 0.2) is 17.3 Å². The van der Waals surface area contributed by atoms with Crippen LogP contribution >= 0.6 is 11.6 Å². The molecule has 12 heteroatoms. The summed E-state index contributed by atoms with van der Waals surface area (Å²) in [5.74, 6) is -4.98. The summed E-state index contributed by atoms with van der Waals surface area (Å²) in [5.41, 5.74) is 3.85. The molecule has 0 aliphatic rings. The van der Waals surface area contributed by atoms with Crippen LogP contribution in [0.5, 0.6) is 11.5 Å². The Bertz CT molecular complexity index is 1130. The van der Waals surface area contributed by atoms with Crippen molar-refractivity contribution in [2.45, 2.75) is 0 Å². The summed E-state index contributed by atoms with van der Waals surface area (Å²) < 4.78 is 46.1. The van der Waals surface area contributed by atoms with Gasteiger partial charge in [-0.1, -0.05) is 11.6 Å². The zero-order chi connectivity index (χ0) is 23.8. The predicted molar refractivity (Wildman–Crippen MR) is 112 cm³/mol. The monoisotopic (exact) mass is 468 g/mol. The number of hydrogen-bond acceptors (Lipinski definition) is 5. The fourth-order valence-corrected chi connectivity index (χ4v) is 2.42. The van der Waals surface area contributed by atoms with Crippen LogP contribution in [0.15, 0.2) is 48.7 Å².